The van der Waals surface area contributed by atoms with Crippen molar-refractivity contribution < 1.29 is 13.9 Å². The molecule has 0 aliphatic heterocycles. The number of thioether (sulfide) groups is 1. The van der Waals surface area contributed by atoms with Crippen LogP contribution in [0.2, 0.25) is 0 Å². The molecule has 0 fully saturated rings. The SMILES string of the molecule is COCCOCCSc1nnc(-c2ccccc2)o1. The number of aromatic nitrogens is 2. The Morgan fingerprint density at radius 3 is 2.74 bits per heavy atom. The zero-order valence-corrected chi connectivity index (χ0v) is 11.6. The predicted octanol–water partition coefficient (Wildman–Crippen LogP) is 2.49. The van der Waals surface area contributed by atoms with Gasteiger partial charge in [0.2, 0.25) is 5.89 Å². The maximum absolute atomic E-state index is 5.56. The Kier molecular flexibility index (Phi) is 5.87. The summed E-state index contributed by atoms with van der Waals surface area (Å²) in [6.45, 7) is 1.86. The van der Waals surface area contributed by atoms with Gasteiger partial charge in [-0.15, -0.1) is 10.2 Å². The first-order chi connectivity index (χ1) is 9.40. The molecule has 19 heavy (non-hydrogen) atoms. The standard InChI is InChI=1S/C13H16N2O3S/c1-16-7-8-17-9-10-19-13-15-14-12(18-13)11-5-3-2-4-6-11/h2-6H,7-10H2,1H3. The molecule has 1 aromatic carbocycles. The average Bonchev–Trinajstić information content (AvgIpc) is 2.92. The molecular formula is C13H16N2O3S. The molecule has 0 N–H and O–H groups in total. The Labute approximate surface area is 116 Å². The highest BCUT2D eigenvalue weighted by molar-refractivity contribution is 7.99. The van der Waals surface area contributed by atoms with Gasteiger partial charge in [-0.1, -0.05) is 30.0 Å². The van der Waals surface area contributed by atoms with Crippen molar-refractivity contribution in [2.45, 2.75) is 5.22 Å². The van der Waals surface area contributed by atoms with E-state index in [9.17, 15) is 0 Å². The van der Waals surface area contributed by atoms with E-state index in [1.165, 1.54) is 11.8 Å². The van der Waals surface area contributed by atoms with E-state index in [2.05, 4.69) is 10.2 Å². The molecule has 6 heteroatoms. The molecule has 0 saturated carbocycles. The van der Waals surface area contributed by atoms with E-state index < -0.39 is 0 Å². The molecule has 0 aliphatic rings. The fourth-order valence-electron chi connectivity index (χ4n) is 1.40. The molecule has 0 saturated heterocycles. The minimum atomic E-state index is 0.545. The van der Waals surface area contributed by atoms with Crippen LogP contribution in [0.4, 0.5) is 0 Å². The van der Waals surface area contributed by atoms with Crippen molar-refractivity contribution in [3.8, 4) is 11.5 Å². The fourth-order valence-corrected chi connectivity index (χ4v) is 2.01. The van der Waals surface area contributed by atoms with E-state index in [0.717, 1.165) is 11.3 Å². The van der Waals surface area contributed by atoms with Crippen molar-refractivity contribution in [1.82, 2.24) is 10.2 Å². The van der Waals surface area contributed by atoms with Crippen molar-refractivity contribution in [1.29, 1.82) is 0 Å². The lowest BCUT2D eigenvalue weighted by Crippen LogP contribution is -2.04. The van der Waals surface area contributed by atoms with Crippen LogP contribution in [0, 0.1) is 0 Å². The highest BCUT2D eigenvalue weighted by Crippen LogP contribution is 2.22. The van der Waals surface area contributed by atoms with E-state index in [-0.39, 0.29) is 0 Å². The highest BCUT2D eigenvalue weighted by Gasteiger charge is 2.07. The molecule has 2 rings (SSSR count). The number of benzene rings is 1. The Balaban J connectivity index is 1.75. The van der Waals surface area contributed by atoms with Gasteiger partial charge < -0.3 is 13.9 Å². The first-order valence-corrected chi connectivity index (χ1v) is 6.97. The van der Waals surface area contributed by atoms with E-state index in [1.54, 1.807) is 7.11 Å². The molecular weight excluding hydrogens is 264 g/mol. The van der Waals surface area contributed by atoms with Gasteiger partial charge in [0, 0.05) is 18.4 Å². The van der Waals surface area contributed by atoms with Gasteiger partial charge in [-0.25, -0.2) is 0 Å². The van der Waals surface area contributed by atoms with Crippen molar-refractivity contribution in [2.24, 2.45) is 0 Å². The van der Waals surface area contributed by atoms with Crippen LogP contribution < -0.4 is 0 Å². The van der Waals surface area contributed by atoms with Gasteiger partial charge in [-0.2, -0.15) is 0 Å². The number of nitrogens with zero attached hydrogens (tertiary/aromatic N) is 2. The molecule has 0 spiro atoms. The third-order valence-corrected chi connectivity index (χ3v) is 3.09. The monoisotopic (exact) mass is 280 g/mol. The summed E-state index contributed by atoms with van der Waals surface area (Å²) in [6, 6.07) is 9.71. The average molecular weight is 280 g/mol. The summed E-state index contributed by atoms with van der Waals surface area (Å²) >= 11 is 1.49. The molecule has 102 valence electrons. The lowest BCUT2D eigenvalue weighted by molar-refractivity contribution is 0.0789. The van der Waals surface area contributed by atoms with Gasteiger partial charge in [-0.3, -0.25) is 0 Å². The summed E-state index contributed by atoms with van der Waals surface area (Å²) in [4.78, 5) is 0. The molecule has 0 radical (unpaired) electrons. The van der Waals surface area contributed by atoms with Crippen molar-refractivity contribution in [3.63, 3.8) is 0 Å². The molecule has 2 aromatic rings. The fraction of sp³-hybridized carbons (Fsp3) is 0.385. The van der Waals surface area contributed by atoms with Crippen molar-refractivity contribution >= 4 is 11.8 Å². The van der Waals surface area contributed by atoms with Gasteiger partial charge in [0.25, 0.3) is 5.22 Å². The van der Waals surface area contributed by atoms with Crippen LogP contribution in [0.25, 0.3) is 11.5 Å². The minimum absolute atomic E-state index is 0.545. The zero-order chi connectivity index (χ0) is 13.3. The molecule has 0 amide bonds. The van der Waals surface area contributed by atoms with Gasteiger partial charge in [0.05, 0.1) is 19.8 Å². The summed E-state index contributed by atoms with van der Waals surface area (Å²) in [5, 5.41) is 8.57. The number of hydrogen-bond donors (Lipinski definition) is 0. The van der Waals surface area contributed by atoms with E-state index in [4.69, 9.17) is 13.9 Å². The summed E-state index contributed by atoms with van der Waals surface area (Å²) in [7, 11) is 1.65. The Morgan fingerprint density at radius 1 is 1.11 bits per heavy atom. The second-order valence-corrected chi connectivity index (χ2v) is 4.74. The van der Waals surface area contributed by atoms with E-state index in [0.29, 0.717) is 30.9 Å². The second kappa shape index (κ2) is 7.93. The topological polar surface area (TPSA) is 57.4 Å². The molecule has 1 aromatic heterocycles. The van der Waals surface area contributed by atoms with Crippen LogP contribution in [0.1, 0.15) is 0 Å². The van der Waals surface area contributed by atoms with Crippen LogP contribution in [0.3, 0.4) is 0 Å². The van der Waals surface area contributed by atoms with Crippen molar-refractivity contribution in [3.05, 3.63) is 30.3 Å². The van der Waals surface area contributed by atoms with Gasteiger partial charge in [0.1, 0.15) is 0 Å². The Hall–Kier alpha value is -1.37. The highest BCUT2D eigenvalue weighted by atomic mass is 32.2. The summed E-state index contributed by atoms with van der Waals surface area (Å²) in [6.07, 6.45) is 0. The molecule has 5 nitrogen and oxygen atoms in total. The van der Waals surface area contributed by atoms with E-state index >= 15 is 0 Å². The first-order valence-electron chi connectivity index (χ1n) is 5.98. The van der Waals surface area contributed by atoms with Crippen LogP contribution >= 0.6 is 11.8 Å². The van der Waals surface area contributed by atoms with Gasteiger partial charge >= 0.3 is 0 Å². The maximum Gasteiger partial charge on any atom is 0.276 e. The van der Waals surface area contributed by atoms with Crippen LogP contribution in [-0.2, 0) is 9.47 Å². The maximum atomic E-state index is 5.56. The number of rotatable bonds is 8. The number of methoxy groups -OCH3 is 1. The Morgan fingerprint density at radius 2 is 1.95 bits per heavy atom. The summed E-state index contributed by atoms with van der Waals surface area (Å²) in [5.41, 5.74) is 0.929. The lowest BCUT2D eigenvalue weighted by atomic mass is 10.2. The largest absolute Gasteiger partial charge is 0.411 e. The normalized spacial score (nSPS) is 10.8. The third-order valence-electron chi connectivity index (χ3n) is 2.31. The zero-order valence-electron chi connectivity index (χ0n) is 10.7. The molecule has 1 heterocycles. The summed E-state index contributed by atoms with van der Waals surface area (Å²) < 4.78 is 15.8. The first kappa shape index (κ1) is 14.0. The van der Waals surface area contributed by atoms with Crippen LogP contribution in [0.15, 0.2) is 40.0 Å². The van der Waals surface area contributed by atoms with Crippen molar-refractivity contribution in [2.75, 3.05) is 32.7 Å². The second-order valence-electron chi connectivity index (χ2n) is 3.69. The number of ether oxygens (including phenoxy) is 2. The Bertz CT molecular complexity index is 476. The lowest BCUT2D eigenvalue weighted by Gasteiger charge is -2.00. The number of hydrogen-bond acceptors (Lipinski definition) is 6. The quantitative estimate of drug-likeness (QED) is 0.547. The van der Waals surface area contributed by atoms with E-state index in [1.807, 2.05) is 30.3 Å². The summed E-state index contributed by atoms with van der Waals surface area (Å²) in [5.74, 6) is 1.32. The van der Waals surface area contributed by atoms with Gasteiger partial charge in [-0.05, 0) is 12.1 Å². The molecule has 0 atom stereocenters. The molecule has 0 bridgehead atoms. The van der Waals surface area contributed by atoms with Gasteiger partial charge in [0.15, 0.2) is 0 Å². The smallest absolute Gasteiger partial charge is 0.276 e. The molecule has 0 unspecified atom stereocenters. The predicted molar refractivity (Wildman–Crippen MR) is 73.2 cm³/mol. The molecule has 0 aliphatic carbocycles. The van der Waals surface area contributed by atoms with Crippen LogP contribution in [0.5, 0.6) is 0 Å². The van der Waals surface area contributed by atoms with Crippen LogP contribution in [-0.4, -0.2) is 42.9 Å². The minimum Gasteiger partial charge on any atom is -0.411 e. The third kappa shape index (κ3) is 4.66.